The third kappa shape index (κ3) is 3.10. The van der Waals surface area contributed by atoms with Crippen LogP contribution in [0.1, 0.15) is 0 Å². The van der Waals surface area contributed by atoms with Crippen molar-refractivity contribution in [3.05, 3.63) is 12.1 Å². The molecule has 0 aliphatic rings. The van der Waals surface area contributed by atoms with Crippen LogP contribution in [0.3, 0.4) is 0 Å². The van der Waals surface area contributed by atoms with E-state index in [0.29, 0.717) is 22.1 Å². The van der Waals surface area contributed by atoms with Crippen molar-refractivity contribution >= 4 is 18.0 Å². The second-order valence-corrected chi connectivity index (χ2v) is 3.75. The van der Waals surface area contributed by atoms with E-state index < -0.39 is 6.03 Å². The number of ether oxygens (including phenoxy) is 3. The standard InChI is InChI=1S/C10H14N2O4S/c1-14-6-4-5-7(17-12-10(11)13)9(16-3)8(6)15-2/h4-5H,1-3H3,(H3,11,12,13). The van der Waals surface area contributed by atoms with Crippen LogP contribution in [-0.2, 0) is 0 Å². The molecule has 2 amide bonds. The van der Waals surface area contributed by atoms with Crippen molar-refractivity contribution in [2.75, 3.05) is 21.3 Å². The number of nitrogens with one attached hydrogen (secondary N) is 1. The normalized spacial score (nSPS) is 9.59. The molecule has 0 saturated heterocycles. The van der Waals surface area contributed by atoms with Crippen LogP contribution < -0.4 is 24.7 Å². The van der Waals surface area contributed by atoms with Gasteiger partial charge in [0.25, 0.3) is 0 Å². The first-order valence-corrected chi connectivity index (χ1v) is 5.47. The lowest BCUT2D eigenvalue weighted by atomic mass is 10.3. The Bertz CT molecular complexity index is 412. The first-order chi connectivity index (χ1) is 8.13. The monoisotopic (exact) mass is 258 g/mol. The molecule has 0 spiro atoms. The summed E-state index contributed by atoms with van der Waals surface area (Å²) in [6.45, 7) is 0. The van der Waals surface area contributed by atoms with E-state index in [1.807, 2.05) is 0 Å². The average Bonchev–Trinajstić information content (AvgIpc) is 2.34. The summed E-state index contributed by atoms with van der Waals surface area (Å²) in [7, 11) is 4.55. The van der Waals surface area contributed by atoms with Gasteiger partial charge in [-0.15, -0.1) is 0 Å². The van der Waals surface area contributed by atoms with Gasteiger partial charge in [0.2, 0.25) is 5.75 Å². The Balaban J connectivity index is 3.09. The Labute approximate surface area is 104 Å². The van der Waals surface area contributed by atoms with E-state index in [9.17, 15) is 4.79 Å². The molecule has 0 unspecified atom stereocenters. The van der Waals surface area contributed by atoms with E-state index in [4.69, 9.17) is 19.9 Å². The minimum atomic E-state index is -0.633. The quantitative estimate of drug-likeness (QED) is 0.780. The number of benzene rings is 1. The van der Waals surface area contributed by atoms with E-state index in [2.05, 4.69) is 4.72 Å². The zero-order chi connectivity index (χ0) is 12.8. The molecule has 0 radical (unpaired) electrons. The summed E-state index contributed by atoms with van der Waals surface area (Å²) in [6, 6.07) is 2.82. The van der Waals surface area contributed by atoms with Crippen molar-refractivity contribution < 1.29 is 19.0 Å². The van der Waals surface area contributed by atoms with Crippen LogP contribution in [0.5, 0.6) is 17.2 Å². The van der Waals surface area contributed by atoms with Gasteiger partial charge in [-0.1, -0.05) is 0 Å². The lowest BCUT2D eigenvalue weighted by Crippen LogP contribution is -2.22. The Morgan fingerprint density at radius 1 is 1.18 bits per heavy atom. The predicted molar refractivity (Wildman–Crippen MR) is 64.7 cm³/mol. The van der Waals surface area contributed by atoms with Crippen LogP contribution >= 0.6 is 11.9 Å². The molecule has 7 heteroatoms. The lowest BCUT2D eigenvalue weighted by molar-refractivity contribution is 0.254. The highest BCUT2D eigenvalue weighted by molar-refractivity contribution is 7.98. The second kappa shape index (κ2) is 6.09. The van der Waals surface area contributed by atoms with Gasteiger partial charge in [0, 0.05) is 0 Å². The van der Waals surface area contributed by atoms with E-state index in [0.717, 1.165) is 11.9 Å². The number of methoxy groups -OCH3 is 3. The van der Waals surface area contributed by atoms with Crippen LogP contribution in [0.25, 0.3) is 0 Å². The van der Waals surface area contributed by atoms with Gasteiger partial charge in [-0.3, -0.25) is 4.72 Å². The maximum absolute atomic E-state index is 10.6. The van der Waals surface area contributed by atoms with Crippen molar-refractivity contribution in [1.82, 2.24) is 4.72 Å². The van der Waals surface area contributed by atoms with Gasteiger partial charge in [-0.05, 0) is 24.1 Å². The number of carbonyl (C=O) groups excluding carboxylic acids is 1. The summed E-state index contributed by atoms with van der Waals surface area (Å²) < 4.78 is 18.0. The van der Waals surface area contributed by atoms with E-state index in [-0.39, 0.29) is 0 Å². The molecule has 1 rings (SSSR count). The molecule has 0 heterocycles. The van der Waals surface area contributed by atoms with Crippen molar-refractivity contribution in [2.45, 2.75) is 4.90 Å². The van der Waals surface area contributed by atoms with E-state index in [1.54, 1.807) is 12.1 Å². The highest BCUT2D eigenvalue weighted by Gasteiger charge is 2.16. The number of urea groups is 1. The van der Waals surface area contributed by atoms with Crippen LogP contribution in [-0.4, -0.2) is 27.4 Å². The number of rotatable bonds is 5. The minimum absolute atomic E-state index is 0.464. The Hall–Kier alpha value is -1.76. The molecule has 0 aliphatic heterocycles. The number of hydrogen-bond acceptors (Lipinski definition) is 5. The molecule has 0 aromatic heterocycles. The fourth-order valence-corrected chi connectivity index (χ4v) is 1.87. The van der Waals surface area contributed by atoms with Crippen LogP contribution in [0, 0.1) is 0 Å². The smallest absolute Gasteiger partial charge is 0.322 e. The van der Waals surface area contributed by atoms with Gasteiger partial charge in [0.1, 0.15) is 0 Å². The lowest BCUT2D eigenvalue weighted by Gasteiger charge is -2.14. The molecule has 1 aromatic rings. The van der Waals surface area contributed by atoms with Gasteiger partial charge >= 0.3 is 6.03 Å². The molecule has 0 atom stereocenters. The molecular formula is C10H14N2O4S. The summed E-state index contributed by atoms with van der Waals surface area (Å²) in [5.74, 6) is 1.49. The molecule has 0 bridgehead atoms. The van der Waals surface area contributed by atoms with Gasteiger partial charge in [-0.2, -0.15) is 0 Å². The Kier molecular flexibility index (Phi) is 4.77. The summed E-state index contributed by atoms with van der Waals surface area (Å²) in [5, 5.41) is 0. The van der Waals surface area contributed by atoms with Crippen LogP contribution in [0.15, 0.2) is 17.0 Å². The Morgan fingerprint density at radius 3 is 2.29 bits per heavy atom. The van der Waals surface area contributed by atoms with Crippen molar-refractivity contribution in [3.63, 3.8) is 0 Å². The highest BCUT2D eigenvalue weighted by atomic mass is 32.2. The second-order valence-electron chi connectivity index (χ2n) is 2.90. The maximum atomic E-state index is 10.6. The molecule has 17 heavy (non-hydrogen) atoms. The fourth-order valence-electron chi connectivity index (χ4n) is 1.26. The molecule has 0 aliphatic carbocycles. The third-order valence-corrected chi connectivity index (χ3v) is 2.77. The molecule has 6 nitrogen and oxygen atoms in total. The van der Waals surface area contributed by atoms with Gasteiger partial charge in [0.15, 0.2) is 11.5 Å². The Morgan fingerprint density at radius 2 is 1.82 bits per heavy atom. The zero-order valence-corrected chi connectivity index (χ0v) is 10.6. The van der Waals surface area contributed by atoms with Crippen molar-refractivity contribution in [3.8, 4) is 17.2 Å². The van der Waals surface area contributed by atoms with Crippen molar-refractivity contribution in [2.24, 2.45) is 5.73 Å². The number of hydrogen-bond donors (Lipinski definition) is 2. The summed E-state index contributed by atoms with van der Waals surface area (Å²) in [6.07, 6.45) is 0. The predicted octanol–water partition coefficient (Wildman–Crippen LogP) is 1.39. The molecule has 3 N–H and O–H groups in total. The fraction of sp³-hybridized carbons (Fsp3) is 0.300. The molecule has 0 fully saturated rings. The maximum Gasteiger partial charge on any atom is 0.322 e. The molecule has 94 valence electrons. The SMILES string of the molecule is COc1ccc(SNC(N)=O)c(OC)c1OC. The number of nitrogens with two attached hydrogens (primary N) is 1. The highest BCUT2D eigenvalue weighted by Crippen LogP contribution is 2.42. The number of amides is 2. The molecule has 0 saturated carbocycles. The molecular weight excluding hydrogens is 244 g/mol. The van der Waals surface area contributed by atoms with Gasteiger partial charge in [0.05, 0.1) is 26.2 Å². The topological polar surface area (TPSA) is 82.8 Å². The number of primary amides is 1. The first kappa shape index (κ1) is 13.3. The average molecular weight is 258 g/mol. The summed E-state index contributed by atoms with van der Waals surface area (Å²) >= 11 is 1.04. The first-order valence-electron chi connectivity index (χ1n) is 4.65. The minimum Gasteiger partial charge on any atom is -0.493 e. The van der Waals surface area contributed by atoms with E-state index >= 15 is 0 Å². The number of carbonyl (C=O) groups is 1. The van der Waals surface area contributed by atoms with Crippen LogP contribution in [0.2, 0.25) is 0 Å². The van der Waals surface area contributed by atoms with Crippen LogP contribution in [0.4, 0.5) is 4.79 Å². The summed E-state index contributed by atoms with van der Waals surface area (Å²) in [4.78, 5) is 11.3. The third-order valence-electron chi connectivity index (χ3n) is 1.93. The largest absolute Gasteiger partial charge is 0.493 e. The van der Waals surface area contributed by atoms with Gasteiger partial charge < -0.3 is 19.9 Å². The molecule has 1 aromatic carbocycles. The summed E-state index contributed by atoms with van der Waals surface area (Å²) in [5.41, 5.74) is 4.99. The zero-order valence-electron chi connectivity index (χ0n) is 9.77. The van der Waals surface area contributed by atoms with E-state index in [1.165, 1.54) is 21.3 Å². The van der Waals surface area contributed by atoms with Crippen molar-refractivity contribution in [1.29, 1.82) is 0 Å². The van der Waals surface area contributed by atoms with Gasteiger partial charge in [-0.25, -0.2) is 4.79 Å².